The molecule has 2 aromatic rings. The van der Waals surface area contributed by atoms with Gasteiger partial charge in [0.1, 0.15) is 0 Å². The average molecular weight is 242 g/mol. The number of rotatable bonds is 1. The van der Waals surface area contributed by atoms with E-state index in [4.69, 9.17) is 0 Å². The van der Waals surface area contributed by atoms with Gasteiger partial charge in [0.05, 0.1) is 0 Å². The Morgan fingerprint density at radius 2 is 2.06 bits per heavy atom. The highest BCUT2D eigenvalue weighted by molar-refractivity contribution is 5.86. The molecule has 1 aromatic heterocycles. The fraction of sp³-hybridized carbons (Fsp3) is 0.500. The van der Waals surface area contributed by atoms with Gasteiger partial charge in [-0.15, -0.1) is 0 Å². The van der Waals surface area contributed by atoms with Crippen LogP contribution in [0.1, 0.15) is 36.6 Å². The van der Waals surface area contributed by atoms with E-state index in [0.29, 0.717) is 0 Å². The van der Waals surface area contributed by atoms with Crippen molar-refractivity contribution in [3.05, 3.63) is 35.0 Å². The minimum Gasteiger partial charge on any atom is -0.348 e. The molecule has 0 bridgehead atoms. The molecule has 0 radical (unpaired) electrons. The van der Waals surface area contributed by atoms with Gasteiger partial charge < -0.3 is 9.88 Å². The topological polar surface area (TPSA) is 17.0 Å². The molecule has 0 aliphatic carbocycles. The molecule has 96 valence electrons. The third-order valence-corrected chi connectivity index (χ3v) is 4.81. The largest absolute Gasteiger partial charge is 0.348 e. The summed E-state index contributed by atoms with van der Waals surface area (Å²) in [7, 11) is 2.15. The van der Waals surface area contributed by atoms with Crippen molar-refractivity contribution in [2.45, 2.75) is 39.2 Å². The lowest BCUT2D eigenvalue weighted by atomic mass is 9.89. The normalized spacial score (nSPS) is 24.0. The summed E-state index contributed by atoms with van der Waals surface area (Å²) >= 11 is 0. The van der Waals surface area contributed by atoms with Crippen LogP contribution in [0, 0.1) is 13.8 Å². The van der Waals surface area contributed by atoms with E-state index in [1.54, 1.807) is 0 Å². The Balaban J connectivity index is 2.19. The summed E-state index contributed by atoms with van der Waals surface area (Å²) in [5.41, 5.74) is 5.73. The summed E-state index contributed by atoms with van der Waals surface area (Å²) < 4.78 is 2.29. The van der Waals surface area contributed by atoms with Crippen LogP contribution in [-0.2, 0) is 12.6 Å². The van der Waals surface area contributed by atoms with Crippen LogP contribution in [0.25, 0.3) is 10.9 Å². The van der Waals surface area contributed by atoms with Gasteiger partial charge >= 0.3 is 0 Å². The number of nitrogens with one attached hydrogen (secondary N) is 1. The van der Waals surface area contributed by atoms with E-state index in [9.17, 15) is 0 Å². The zero-order valence-electron chi connectivity index (χ0n) is 11.8. The van der Waals surface area contributed by atoms with E-state index in [-0.39, 0.29) is 5.54 Å². The molecule has 1 fully saturated rings. The lowest BCUT2D eigenvalue weighted by molar-refractivity contribution is 0.435. The minimum atomic E-state index is 0.171. The first-order valence-corrected chi connectivity index (χ1v) is 6.84. The molecular weight excluding hydrogens is 220 g/mol. The molecule has 2 heteroatoms. The van der Waals surface area contributed by atoms with Gasteiger partial charge in [-0.3, -0.25) is 0 Å². The first kappa shape index (κ1) is 11.8. The van der Waals surface area contributed by atoms with Crippen molar-refractivity contribution in [3.8, 4) is 0 Å². The minimum absolute atomic E-state index is 0.171. The molecule has 1 atom stereocenters. The van der Waals surface area contributed by atoms with Crippen molar-refractivity contribution in [1.29, 1.82) is 0 Å². The van der Waals surface area contributed by atoms with Gasteiger partial charge in [-0.25, -0.2) is 0 Å². The van der Waals surface area contributed by atoms with Crippen LogP contribution in [0.2, 0.25) is 0 Å². The zero-order valence-corrected chi connectivity index (χ0v) is 11.8. The van der Waals surface area contributed by atoms with Gasteiger partial charge in [0.15, 0.2) is 0 Å². The van der Waals surface area contributed by atoms with Crippen molar-refractivity contribution in [1.82, 2.24) is 9.88 Å². The van der Waals surface area contributed by atoms with E-state index in [1.165, 1.54) is 40.6 Å². The number of benzene rings is 1. The lowest BCUT2D eigenvalue weighted by Crippen LogP contribution is -2.32. The smallest absolute Gasteiger partial charge is 0.0482 e. The molecule has 0 amide bonds. The zero-order chi connectivity index (χ0) is 12.9. The molecule has 18 heavy (non-hydrogen) atoms. The first-order valence-electron chi connectivity index (χ1n) is 6.84. The fourth-order valence-corrected chi connectivity index (χ4v) is 3.24. The van der Waals surface area contributed by atoms with E-state index in [2.05, 4.69) is 55.9 Å². The molecule has 3 rings (SSSR count). The van der Waals surface area contributed by atoms with Crippen LogP contribution in [0.3, 0.4) is 0 Å². The first-order chi connectivity index (χ1) is 8.53. The number of fused-ring (bicyclic) bond motifs is 1. The van der Waals surface area contributed by atoms with Gasteiger partial charge in [-0.2, -0.15) is 0 Å². The quantitative estimate of drug-likeness (QED) is 0.811. The van der Waals surface area contributed by atoms with Crippen LogP contribution in [0.5, 0.6) is 0 Å². The Morgan fingerprint density at radius 1 is 1.28 bits per heavy atom. The third-order valence-electron chi connectivity index (χ3n) is 4.81. The lowest BCUT2D eigenvalue weighted by Gasteiger charge is -2.25. The monoisotopic (exact) mass is 242 g/mol. The molecule has 2 heterocycles. The van der Waals surface area contributed by atoms with Gasteiger partial charge in [-0.05, 0) is 63.4 Å². The van der Waals surface area contributed by atoms with E-state index < -0.39 is 0 Å². The van der Waals surface area contributed by atoms with Gasteiger partial charge in [-0.1, -0.05) is 6.07 Å². The van der Waals surface area contributed by atoms with Crippen molar-refractivity contribution < 1.29 is 0 Å². The van der Waals surface area contributed by atoms with Crippen LogP contribution >= 0.6 is 0 Å². The molecule has 1 saturated heterocycles. The molecule has 1 N–H and O–H groups in total. The Morgan fingerprint density at radius 3 is 2.72 bits per heavy atom. The molecule has 2 nitrogen and oxygen atoms in total. The number of aryl methyl sites for hydroxylation is 2. The molecule has 1 aliphatic rings. The van der Waals surface area contributed by atoms with Crippen molar-refractivity contribution in [2.24, 2.45) is 7.05 Å². The van der Waals surface area contributed by atoms with Crippen molar-refractivity contribution in [3.63, 3.8) is 0 Å². The summed E-state index contributed by atoms with van der Waals surface area (Å²) in [4.78, 5) is 0. The Bertz CT molecular complexity index is 601. The van der Waals surface area contributed by atoms with Gasteiger partial charge in [0.25, 0.3) is 0 Å². The van der Waals surface area contributed by atoms with Gasteiger partial charge in [0.2, 0.25) is 0 Å². The molecule has 1 aliphatic heterocycles. The molecule has 0 saturated carbocycles. The molecule has 1 aromatic carbocycles. The van der Waals surface area contributed by atoms with Gasteiger partial charge in [0, 0.05) is 29.2 Å². The standard InChI is InChI=1S/C16H22N2/c1-11-12(2)18(4)15-7-6-13(10-14(11)15)16(3)8-5-9-17-16/h6-7,10,17H,5,8-9H2,1-4H3. The Hall–Kier alpha value is -1.28. The van der Waals surface area contributed by atoms with Crippen molar-refractivity contribution in [2.75, 3.05) is 6.54 Å². The second kappa shape index (κ2) is 3.86. The third kappa shape index (κ3) is 1.52. The highest BCUT2D eigenvalue weighted by Crippen LogP contribution is 2.34. The molecule has 1 unspecified atom stereocenters. The Labute approximate surface area is 109 Å². The molecule has 0 spiro atoms. The second-order valence-corrected chi connectivity index (χ2v) is 5.86. The number of hydrogen-bond donors (Lipinski definition) is 1. The summed E-state index contributed by atoms with van der Waals surface area (Å²) in [6, 6.07) is 6.95. The Kier molecular flexibility index (Phi) is 2.53. The predicted molar refractivity (Wildman–Crippen MR) is 77.0 cm³/mol. The number of hydrogen-bond acceptors (Lipinski definition) is 1. The predicted octanol–water partition coefficient (Wildman–Crippen LogP) is 3.39. The maximum Gasteiger partial charge on any atom is 0.0482 e. The summed E-state index contributed by atoms with van der Waals surface area (Å²) in [6.45, 7) is 7.89. The molecular formula is C16H22N2. The summed E-state index contributed by atoms with van der Waals surface area (Å²) in [6.07, 6.45) is 2.52. The number of aromatic nitrogens is 1. The van der Waals surface area contributed by atoms with E-state index in [1.807, 2.05) is 0 Å². The average Bonchev–Trinajstić information content (AvgIpc) is 2.90. The van der Waals surface area contributed by atoms with Crippen LogP contribution < -0.4 is 5.32 Å². The van der Waals surface area contributed by atoms with E-state index in [0.717, 1.165) is 6.54 Å². The maximum absolute atomic E-state index is 3.65. The van der Waals surface area contributed by atoms with Crippen molar-refractivity contribution >= 4 is 10.9 Å². The number of nitrogens with zero attached hydrogens (tertiary/aromatic N) is 1. The summed E-state index contributed by atoms with van der Waals surface area (Å²) in [5, 5.41) is 5.05. The fourth-order valence-electron chi connectivity index (χ4n) is 3.24. The highest BCUT2D eigenvalue weighted by atomic mass is 15.0. The summed E-state index contributed by atoms with van der Waals surface area (Å²) in [5.74, 6) is 0. The second-order valence-electron chi connectivity index (χ2n) is 5.86. The van der Waals surface area contributed by atoms with Crippen LogP contribution in [0.4, 0.5) is 0 Å². The SMILES string of the molecule is Cc1c(C)n(C)c2ccc(C3(C)CCCN3)cc12. The van der Waals surface area contributed by atoms with Crippen LogP contribution in [-0.4, -0.2) is 11.1 Å². The van der Waals surface area contributed by atoms with E-state index >= 15 is 0 Å². The maximum atomic E-state index is 3.65. The highest BCUT2D eigenvalue weighted by Gasteiger charge is 2.30. The van der Waals surface area contributed by atoms with Crippen LogP contribution in [0.15, 0.2) is 18.2 Å².